The number of halogens is 2. The highest BCUT2D eigenvalue weighted by atomic mass is 19.3. The quantitative estimate of drug-likeness (QED) is 0.792. The minimum atomic E-state index is -2.49. The van der Waals surface area contributed by atoms with E-state index >= 15 is 0 Å². The molecule has 1 aromatic carbocycles. The summed E-state index contributed by atoms with van der Waals surface area (Å²) in [5.74, 6) is 1.34. The van der Waals surface area contributed by atoms with Crippen LogP contribution in [0.5, 0.6) is 0 Å². The van der Waals surface area contributed by atoms with Gasteiger partial charge < -0.3 is 11.1 Å². The zero-order valence-corrected chi connectivity index (χ0v) is 11.3. The van der Waals surface area contributed by atoms with E-state index in [2.05, 4.69) is 12.2 Å². The van der Waals surface area contributed by atoms with Crippen molar-refractivity contribution < 1.29 is 8.78 Å². The third-order valence-electron chi connectivity index (χ3n) is 3.94. The van der Waals surface area contributed by atoms with E-state index in [1.165, 1.54) is 31.7 Å². The molecule has 4 heteroatoms. The molecule has 1 aliphatic carbocycles. The summed E-state index contributed by atoms with van der Waals surface area (Å²) in [4.78, 5) is 0. The van der Waals surface area contributed by atoms with E-state index in [1.54, 1.807) is 12.1 Å². The number of nitrogen functional groups attached to an aromatic ring is 1. The molecule has 0 saturated heterocycles. The number of rotatable bonds is 4. The van der Waals surface area contributed by atoms with E-state index in [-0.39, 0.29) is 5.56 Å². The van der Waals surface area contributed by atoms with Crippen molar-refractivity contribution in [1.82, 2.24) is 0 Å². The average molecular weight is 268 g/mol. The van der Waals surface area contributed by atoms with Gasteiger partial charge in [0.2, 0.25) is 0 Å². The van der Waals surface area contributed by atoms with Crippen molar-refractivity contribution in [1.29, 1.82) is 0 Å². The van der Waals surface area contributed by atoms with Crippen molar-refractivity contribution in [3.8, 4) is 0 Å². The molecule has 0 radical (unpaired) electrons. The molecule has 0 bridgehead atoms. The number of hydrogen-bond acceptors (Lipinski definition) is 2. The molecule has 1 fully saturated rings. The Kier molecular flexibility index (Phi) is 4.61. The molecule has 1 aliphatic rings. The normalized spacial score (nSPS) is 23.6. The highest BCUT2D eigenvalue weighted by Gasteiger charge is 2.19. The minimum absolute atomic E-state index is 0.00357. The first-order valence-corrected chi connectivity index (χ1v) is 6.97. The van der Waals surface area contributed by atoms with E-state index in [0.717, 1.165) is 12.5 Å². The lowest BCUT2D eigenvalue weighted by molar-refractivity contribution is 0.152. The van der Waals surface area contributed by atoms with Gasteiger partial charge in [0.15, 0.2) is 0 Å². The smallest absolute Gasteiger partial charge is 0.265 e. The fraction of sp³-hybridized carbons (Fsp3) is 0.600. The number of anilines is 2. The van der Waals surface area contributed by atoms with Gasteiger partial charge in [-0.05, 0) is 42.9 Å². The Balaban J connectivity index is 1.99. The molecular formula is C15H22F2N2. The van der Waals surface area contributed by atoms with Gasteiger partial charge in [0, 0.05) is 23.5 Å². The van der Waals surface area contributed by atoms with Crippen molar-refractivity contribution in [3.05, 3.63) is 23.8 Å². The molecule has 2 unspecified atom stereocenters. The summed E-state index contributed by atoms with van der Waals surface area (Å²) in [6.07, 6.45) is 2.43. The molecule has 2 rings (SSSR count). The lowest BCUT2D eigenvalue weighted by Crippen LogP contribution is -2.21. The zero-order valence-electron chi connectivity index (χ0n) is 11.3. The molecule has 2 nitrogen and oxygen atoms in total. The van der Waals surface area contributed by atoms with Gasteiger partial charge in [-0.15, -0.1) is 0 Å². The summed E-state index contributed by atoms with van der Waals surface area (Å²) in [6, 6.07) is 4.68. The summed E-state index contributed by atoms with van der Waals surface area (Å²) in [5.41, 5.74) is 6.46. The summed E-state index contributed by atoms with van der Waals surface area (Å²) >= 11 is 0. The number of benzene rings is 1. The van der Waals surface area contributed by atoms with Crippen LogP contribution in [-0.2, 0) is 0 Å². The Morgan fingerprint density at radius 2 is 2.16 bits per heavy atom. The van der Waals surface area contributed by atoms with Crippen LogP contribution in [0.3, 0.4) is 0 Å². The van der Waals surface area contributed by atoms with E-state index < -0.39 is 6.43 Å². The second kappa shape index (κ2) is 6.22. The van der Waals surface area contributed by atoms with E-state index in [1.807, 2.05) is 0 Å². The zero-order chi connectivity index (χ0) is 13.8. The first kappa shape index (κ1) is 14.1. The Labute approximate surface area is 113 Å². The van der Waals surface area contributed by atoms with Crippen LogP contribution in [-0.4, -0.2) is 6.54 Å². The van der Waals surface area contributed by atoms with Crippen molar-refractivity contribution in [3.63, 3.8) is 0 Å². The number of nitrogens with one attached hydrogen (secondary N) is 1. The maximum atomic E-state index is 12.9. The van der Waals surface area contributed by atoms with E-state index in [9.17, 15) is 8.78 Å². The number of alkyl halides is 2. The lowest BCUT2D eigenvalue weighted by Gasteiger charge is -2.27. The largest absolute Gasteiger partial charge is 0.399 e. The second-order valence-electron chi connectivity index (χ2n) is 5.67. The molecule has 0 spiro atoms. The summed E-state index contributed by atoms with van der Waals surface area (Å²) in [6.45, 7) is 3.04. The third kappa shape index (κ3) is 3.82. The van der Waals surface area contributed by atoms with Crippen LogP contribution in [0, 0.1) is 11.8 Å². The molecular weight excluding hydrogens is 246 g/mol. The van der Waals surface area contributed by atoms with Gasteiger partial charge in [-0.2, -0.15) is 0 Å². The second-order valence-corrected chi connectivity index (χ2v) is 5.67. The molecule has 0 aromatic heterocycles. The predicted molar refractivity (Wildman–Crippen MR) is 75.4 cm³/mol. The summed E-state index contributed by atoms with van der Waals surface area (Å²) in [5, 5.41) is 3.18. The van der Waals surface area contributed by atoms with Crippen molar-refractivity contribution >= 4 is 11.4 Å². The van der Waals surface area contributed by atoms with Crippen LogP contribution in [0.1, 0.15) is 44.6 Å². The average Bonchev–Trinajstić information content (AvgIpc) is 2.37. The van der Waals surface area contributed by atoms with Crippen LogP contribution < -0.4 is 11.1 Å². The van der Waals surface area contributed by atoms with Crippen LogP contribution in [0.2, 0.25) is 0 Å². The molecule has 3 N–H and O–H groups in total. The fourth-order valence-corrected chi connectivity index (χ4v) is 2.92. The monoisotopic (exact) mass is 268 g/mol. The molecule has 0 aliphatic heterocycles. The highest BCUT2D eigenvalue weighted by Crippen LogP contribution is 2.31. The van der Waals surface area contributed by atoms with Gasteiger partial charge in [-0.3, -0.25) is 0 Å². The fourth-order valence-electron chi connectivity index (χ4n) is 2.92. The van der Waals surface area contributed by atoms with Crippen LogP contribution >= 0.6 is 0 Å². The maximum absolute atomic E-state index is 12.9. The van der Waals surface area contributed by atoms with Gasteiger partial charge in [0.05, 0.1) is 0 Å². The standard InChI is InChI=1S/C15H22F2N2/c1-10-3-2-4-11(7-10)9-19-14-6-5-12(18)8-13(14)15(16)17/h5-6,8,10-11,15,19H,2-4,7,9,18H2,1H3. The molecule has 0 amide bonds. The SMILES string of the molecule is CC1CCCC(CNc2ccc(N)cc2C(F)F)C1. The first-order chi connectivity index (χ1) is 9.06. The van der Waals surface area contributed by atoms with Crippen LogP contribution in [0.4, 0.5) is 20.2 Å². The van der Waals surface area contributed by atoms with Gasteiger partial charge in [0.25, 0.3) is 6.43 Å². The third-order valence-corrected chi connectivity index (χ3v) is 3.94. The van der Waals surface area contributed by atoms with Gasteiger partial charge >= 0.3 is 0 Å². The Bertz CT molecular complexity index is 421. The van der Waals surface area contributed by atoms with Crippen LogP contribution in [0.25, 0.3) is 0 Å². The Hall–Kier alpha value is -1.32. The predicted octanol–water partition coefficient (Wildman–Crippen LogP) is 4.44. The van der Waals surface area contributed by atoms with E-state index in [0.29, 0.717) is 17.3 Å². The molecule has 1 saturated carbocycles. The van der Waals surface area contributed by atoms with Gasteiger partial charge in [-0.25, -0.2) is 8.78 Å². The van der Waals surface area contributed by atoms with Gasteiger partial charge in [0.1, 0.15) is 0 Å². The highest BCUT2D eigenvalue weighted by molar-refractivity contribution is 5.58. The van der Waals surface area contributed by atoms with Crippen LogP contribution in [0.15, 0.2) is 18.2 Å². The number of hydrogen-bond donors (Lipinski definition) is 2. The molecule has 1 aromatic rings. The Morgan fingerprint density at radius 1 is 1.37 bits per heavy atom. The molecule has 106 valence electrons. The molecule has 19 heavy (non-hydrogen) atoms. The summed E-state index contributed by atoms with van der Waals surface area (Å²) in [7, 11) is 0. The van der Waals surface area contributed by atoms with Crippen molar-refractivity contribution in [2.75, 3.05) is 17.6 Å². The number of nitrogens with two attached hydrogens (primary N) is 1. The minimum Gasteiger partial charge on any atom is -0.399 e. The summed E-state index contributed by atoms with van der Waals surface area (Å²) < 4.78 is 25.9. The lowest BCUT2D eigenvalue weighted by atomic mass is 9.82. The first-order valence-electron chi connectivity index (χ1n) is 6.97. The molecule has 2 atom stereocenters. The van der Waals surface area contributed by atoms with Crippen molar-refractivity contribution in [2.24, 2.45) is 11.8 Å². The topological polar surface area (TPSA) is 38.0 Å². The van der Waals surface area contributed by atoms with E-state index in [4.69, 9.17) is 5.73 Å². The van der Waals surface area contributed by atoms with Crippen molar-refractivity contribution in [2.45, 2.75) is 39.0 Å². The Morgan fingerprint density at radius 3 is 2.84 bits per heavy atom. The van der Waals surface area contributed by atoms with Gasteiger partial charge in [-0.1, -0.05) is 19.8 Å². The molecule has 0 heterocycles. The maximum Gasteiger partial charge on any atom is 0.265 e.